The fourth-order valence-electron chi connectivity index (χ4n) is 2.01. The molecular weight excluding hydrogens is 346 g/mol. The molecule has 1 N–H and O–H groups in total. The number of benzene rings is 1. The number of nitrogens with one attached hydrogen (secondary N) is 1. The maximum atomic E-state index is 4.50. The van der Waals surface area contributed by atoms with E-state index in [0.29, 0.717) is 0 Å². The molecule has 2 heterocycles. The molecule has 0 atom stereocenters. The second-order valence-electron chi connectivity index (χ2n) is 4.69. The number of hydrogen-bond donors (Lipinski definition) is 1. The summed E-state index contributed by atoms with van der Waals surface area (Å²) in [7, 11) is 0. The molecule has 0 bridgehead atoms. The smallest absolute Gasteiger partial charge is 0.0901 e. The Kier molecular flexibility index (Phi) is 4.31. The van der Waals surface area contributed by atoms with Gasteiger partial charge in [0.1, 0.15) is 0 Å². The molecule has 106 valence electrons. The molecule has 0 aliphatic heterocycles. The van der Waals surface area contributed by atoms with Gasteiger partial charge in [0.15, 0.2) is 0 Å². The molecule has 0 saturated carbocycles. The van der Waals surface area contributed by atoms with Crippen LogP contribution in [0.1, 0.15) is 10.6 Å². The molecule has 21 heavy (non-hydrogen) atoms. The van der Waals surface area contributed by atoms with Gasteiger partial charge in [0.25, 0.3) is 0 Å². The highest BCUT2D eigenvalue weighted by Gasteiger charge is 2.02. The average molecular weight is 360 g/mol. The number of anilines is 1. The number of halogens is 1. The van der Waals surface area contributed by atoms with Gasteiger partial charge in [-0.3, -0.25) is 4.98 Å². The number of nitrogens with zero attached hydrogens (tertiary/aromatic N) is 2. The molecule has 0 radical (unpaired) electrons. The van der Waals surface area contributed by atoms with E-state index in [4.69, 9.17) is 0 Å². The summed E-state index contributed by atoms with van der Waals surface area (Å²) in [5.41, 5.74) is 4.42. The quantitative estimate of drug-likeness (QED) is 0.720. The fraction of sp³-hybridized carbons (Fsp3) is 0.125. The number of aryl methyl sites for hydroxylation is 1. The molecular formula is C16H14BrN3S. The van der Waals surface area contributed by atoms with E-state index in [-0.39, 0.29) is 0 Å². The lowest BCUT2D eigenvalue weighted by atomic mass is 10.1. The van der Waals surface area contributed by atoms with Crippen molar-refractivity contribution in [3.63, 3.8) is 0 Å². The minimum Gasteiger partial charge on any atom is -0.381 e. The topological polar surface area (TPSA) is 37.8 Å². The van der Waals surface area contributed by atoms with E-state index in [1.54, 1.807) is 17.5 Å². The Morgan fingerprint density at radius 3 is 2.67 bits per heavy atom. The van der Waals surface area contributed by atoms with Crippen LogP contribution in [0.2, 0.25) is 0 Å². The normalized spacial score (nSPS) is 10.6. The Bertz CT molecular complexity index is 737. The number of hydrogen-bond acceptors (Lipinski definition) is 4. The van der Waals surface area contributed by atoms with Crippen molar-refractivity contribution in [3.8, 4) is 11.3 Å². The molecule has 0 aliphatic carbocycles. The van der Waals surface area contributed by atoms with Gasteiger partial charge in [0.2, 0.25) is 0 Å². The Morgan fingerprint density at radius 2 is 2.00 bits per heavy atom. The SMILES string of the molecule is Cc1nc(-c2ccc(NCc3cncc(Br)c3)cc2)cs1. The molecule has 0 fully saturated rings. The molecule has 3 aromatic rings. The summed E-state index contributed by atoms with van der Waals surface area (Å²) in [6, 6.07) is 10.4. The fourth-order valence-corrected chi connectivity index (χ4v) is 3.05. The third-order valence-electron chi connectivity index (χ3n) is 3.06. The molecule has 2 aromatic heterocycles. The largest absolute Gasteiger partial charge is 0.381 e. The van der Waals surface area contributed by atoms with Crippen molar-refractivity contribution in [2.24, 2.45) is 0 Å². The van der Waals surface area contributed by atoms with Gasteiger partial charge in [-0.15, -0.1) is 11.3 Å². The lowest BCUT2D eigenvalue weighted by Crippen LogP contribution is -1.99. The van der Waals surface area contributed by atoms with E-state index in [2.05, 4.69) is 66.9 Å². The predicted molar refractivity (Wildman–Crippen MR) is 91.6 cm³/mol. The summed E-state index contributed by atoms with van der Waals surface area (Å²) in [5, 5.41) is 6.57. The van der Waals surface area contributed by atoms with Crippen LogP contribution < -0.4 is 5.32 Å². The molecule has 0 amide bonds. The zero-order chi connectivity index (χ0) is 14.7. The van der Waals surface area contributed by atoms with Crippen molar-refractivity contribution in [3.05, 3.63) is 63.1 Å². The average Bonchev–Trinajstić information content (AvgIpc) is 2.92. The Labute approximate surface area is 136 Å². The van der Waals surface area contributed by atoms with Crippen molar-refractivity contribution < 1.29 is 0 Å². The van der Waals surface area contributed by atoms with Crippen LogP contribution in [0.25, 0.3) is 11.3 Å². The Balaban J connectivity index is 1.67. The molecule has 0 saturated heterocycles. The summed E-state index contributed by atoms with van der Waals surface area (Å²) < 4.78 is 0.996. The van der Waals surface area contributed by atoms with E-state index in [9.17, 15) is 0 Å². The summed E-state index contributed by atoms with van der Waals surface area (Å²) in [6.45, 7) is 2.78. The number of rotatable bonds is 4. The van der Waals surface area contributed by atoms with Crippen LogP contribution >= 0.6 is 27.3 Å². The first kappa shape index (κ1) is 14.2. The Morgan fingerprint density at radius 1 is 1.19 bits per heavy atom. The van der Waals surface area contributed by atoms with Crippen LogP contribution in [0.5, 0.6) is 0 Å². The van der Waals surface area contributed by atoms with Crippen molar-refractivity contribution in [2.45, 2.75) is 13.5 Å². The van der Waals surface area contributed by atoms with Crippen LogP contribution in [0.15, 0.2) is 52.6 Å². The van der Waals surface area contributed by atoms with Gasteiger partial charge in [-0.05, 0) is 46.6 Å². The zero-order valence-corrected chi connectivity index (χ0v) is 13.9. The van der Waals surface area contributed by atoms with Gasteiger partial charge in [0, 0.05) is 40.0 Å². The Hall–Kier alpha value is -1.72. The van der Waals surface area contributed by atoms with Crippen LogP contribution in [-0.2, 0) is 6.54 Å². The monoisotopic (exact) mass is 359 g/mol. The van der Waals surface area contributed by atoms with Crippen molar-refractivity contribution in [1.82, 2.24) is 9.97 Å². The van der Waals surface area contributed by atoms with Gasteiger partial charge in [-0.25, -0.2) is 4.98 Å². The molecule has 3 rings (SSSR count). The summed E-state index contributed by atoms with van der Waals surface area (Å²) in [5.74, 6) is 0. The molecule has 1 aromatic carbocycles. The van der Waals surface area contributed by atoms with Crippen LogP contribution in [-0.4, -0.2) is 9.97 Å². The maximum Gasteiger partial charge on any atom is 0.0901 e. The number of pyridine rings is 1. The van der Waals surface area contributed by atoms with Crippen LogP contribution in [0.3, 0.4) is 0 Å². The molecule has 0 aliphatic rings. The second-order valence-corrected chi connectivity index (χ2v) is 6.67. The van der Waals surface area contributed by atoms with Gasteiger partial charge in [-0.1, -0.05) is 12.1 Å². The standard InChI is InChI=1S/C16H14BrN3S/c1-11-20-16(10-21-11)13-2-4-15(5-3-13)19-8-12-6-14(17)9-18-7-12/h2-7,9-10,19H,8H2,1H3. The van der Waals surface area contributed by atoms with Crippen molar-refractivity contribution >= 4 is 33.0 Å². The van der Waals surface area contributed by atoms with Gasteiger partial charge >= 0.3 is 0 Å². The minimum absolute atomic E-state index is 0.752. The van der Waals surface area contributed by atoms with Crippen LogP contribution in [0.4, 0.5) is 5.69 Å². The lowest BCUT2D eigenvalue weighted by molar-refractivity contribution is 1.11. The highest BCUT2D eigenvalue weighted by Crippen LogP contribution is 2.23. The second kappa shape index (κ2) is 6.37. The van der Waals surface area contributed by atoms with E-state index < -0.39 is 0 Å². The van der Waals surface area contributed by atoms with Crippen molar-refractivity contribution in [2.75, 3.05) is 5.32 Å². The van der Waals surface area contributed by atoms with Gasteiger partial charge in [-0.2, -0.15) is 0 Å². The van der Waals surface area contributed by atoms with Crippen LogP contribution in [0, 0.1) is 6.92 Å². The highest BCUT2D eigenvalue weighted by atomic mass is 79.9. The molecule has 5 heteroatoms. The third-order valence-corrected chi connectivity index (χ3v) is 4.27. The first-order valence-corrected chi connectivity index (χ1v) is 8.24. The number of aromatic nitrogens is 2. The third kappa shape index (κ3) is 3.68. The first-order chi connectivity index (χ1) is 10.2. The molecule has 0 unspecified atom stereocenters. The summed E-state index contributed by atoms with van der Waals surface area (Å²) in [6.07, 6.45) is 3.65. The minimum atomic E-state index is 0.752. The maximum absolute atomic E-state index is 4.50. The highest BCUT2D eigenvalue weighted by molar-refractivity contribution is 9.10. The first-order valence-electron chi connectivity index (χ1n) is 6.56. The summed E-state index contributed by atoms with van der Waals surface area (Å²) >= 11 is 5.10. The van der Waals surface area contributed by atoms with Gasteiger partial charge < -0.3 is 5.32 Å². The van der Waals surface area contributed by atoms with E-state index in [1.807, 2.05) is 13.1 Å². The predicted octanol–water partition coefficient (Wildman–Crippen LogP) is 4.89. The lowest BCUT2D eigenvalue weighted by Gasteiger charge is -2.07. The molecule has 0 spiro atoms. The van der Waals surface area contributed by atoms with E-state index in [1.165, 1.54) is 0 Å². The van der Waals surface area contributed by atoms with E-state index in [0.717, 1.165) is 38.5 Å². The zero-order valence-electron chi connectivity index (χ0n) is 11.5. The molecule has 3 nitrogen and oxygen atoms in total. The summed E-state index contributed by atoms with van der Waals surface area (Å²) in [4.78, 5) is 8.66. The van der Waals surface area contributed by atoms with Crippen molar-refractivity contribution in [1.29, 1.82) is 0 Å². The van der Waals surface area contributed by atoms with Gasteiger partial charge in [0.05, 0.1) is 10.7 Å². The number of thiazole rings is 1. The van der Waals surface area contributed by atoms with E-state index >= 15 is 0 Å².